The fourth-order valence-electron chi connectivity index (χ4n) is 2.38. The third kappa shape index (κ3) is 3.93. The van der Waals surface area contributed by atoms with Crippen LogP contribution in [0, 0.1) is 6.92 Å². The number of carbonyl (C=O) groups excluding carboxylic acids is 2. The molecule has 3 rings (SSSR count). The third-order valence-corrected chi connectivity index (χ3v) is 3.68. The summed E-state index contributed by atoms with van der Waals surface area (Å²) < 4.78 is 10.7. The molecule has 25 heavy (non-hydrogen) atoms. The van der Waals surface area contributed by atoms with E-state index in [1.54, 1.807) is 73.7 Å². The summed E-state index contributed by atoms with van der Waals surface area (Å²) in [7, 11) is 0. The summed E-state index contributed by atoms with van der Waals surface area (Å²) in [6.45, 7) is 1.70. The molecule has 0 fully saturated rings. The second-order valence-corrected chi connectivity index (χ2v) is 5.38. The van der Waals surface area contributed by atoms with Gasteiger partial charge in [-0.25, -0.2) is 9.59 Å². The smallest absolute Gasteiger partial charge is 0.343 e. The molecule has 0 atom stereocenters. The molecule has 4 heteroatoms. The molecule has 0 N–H and O–H groups in total. The molecule has 0 spiro atoms. The molecule has 3 aromatic rings. The molecule has 4 nitrogen and oxygen atoms in total. The van der Waals surface area contributed by atoms with Crippen molar-refractivity contribution < 1.29 is 19.1 Å². The first-order valence-corrected chi connectivity index (χ1v) is 7.79. The second kappa shape index (κ2) is 7.45. The van der Waals surface area contributed by atoms with Gasteiger partial charge in [-0.2, -0.15) is 0 Å². The first-order chi connectivity index (χ1) is 12.1. The van der Waals surface area contributed by atoms with E-state index in [1.165, 1.54) is 0 Å². The van der Waals surface area contributed by atoms with E-state index in [9.17, 15) is 9.59 Å². The van der Waals surface area contributed by atoms with Gasteiger partial charge in [0.15, 0.2) is 0 Å². The lowest BCUT2D eigenvalue weighted by atomic mass is 10.0. The van der Waals surface area contributed by atoms with E-state index in [2.05, 4.69) is 0 Å². The Labute approximate surface area is 145 Å². The number of rotatable bonds is 4. The van der Waals surface area contributed by atoms with Gasteiger partial charge in [0.2, 0.25) is 0 Å². The van der Waals surface area contributed by atoms with E-state index in [1.807, 2.05) is 12.1 Å². The fourth-order valence-corrected chi connectivity index (χ4v) is 2.38. The first-order valence-electron chi connectivity index (χ1n) is 7.79. The quantitative estimate of drug-likeness (QED) is 0.524. The van der Waals surface area contributed by atoms with Crippen molar-refractivity contribution in [1.82, 2.24) is 0 Å². The Hall–Kier alpha value is -3.40. The van der Waals surface area contributed by atoms with Gasteiger partial charge < -0.3 is 9.47 Å². The molecular formula is C21H16O4. The molecule has 0 aliphatic carbocycles. The van der Waals surface area contributed by atoms with Crippen molar-refractivity contribution >= 4 is 11.9 Å². The number of ether oxygens (including phenoxy) is 2. The second-order valence-electron chi connectivity index (χ2n) is 5.38. The van der Waals surface area contributed by atoms with Gasteiger partial charge in [-0.1, -0.05) is 42.5 Å². The van der Waals surface area contributed by atoms with Crippen LogP contribution < -0.4 is 9.47 Å². The summed E-state index contributed by atoms with van der Waals surface area (Å²) in [6, 6.07) is 22.5. The van der Waals surface area contributed by atoms with E-state index in [0.29, 0.717) is 28.2 Å². The summed E-state index contributed by atoms with van der Waals surface area (Å²) in [5.41, 5.74) is 1.17. The Balaban J connectivity index is 1.82. The Morgan fingerprint density at radius 3 is 1.40 bits per heavy atom. The van der Waals surface area contributed by atoms with Crippen LogP contribution in [0.25, 0.3) is 0 Å². The monoisotopic (exact) mass is 332 g/mol. The van der Waals surface area contributed by atoms with Crippen LogP contribution >= 0.6 is 0 Å². The summed E-state index contributed by atoms with van der Waals surface area (Å²) in [5, 5.41) is 0. The van der Waals surface area contributed by atoms with Crippen LogP contribution in [0.15, 0.2) is 78.9 Å². The Bertz CT molecular complexity index is 815. The Morgan fingerprint density at radius 1 is 0.600 bits per heavy atom. The van der Waals surface area contributed by atoms with Crippen molar-refractivity contribution in [3.8, 4) is 11.5 Å². The van der Waals surface area contributed by atoms with Crippen LogP contribution in [0.2, 0.25) is 0 Å². The van der Waals surface area contributed by atoms with Gasteiger partial charge in [0.05, 0.1) is 11.1 Å². The molecule has 124 valence electrons. The molecule has 0 aliphatic rings. The lowest BCUT2D eigenvalue weighted by Gasteiger charge is -2.11. The maximum atomic E-state index is 12.4. The highest BCUT2D eigenvalue weighted by atomic mass is 16.5. The number of benzene rings is 3. The molecule has 0 aromatic heterocycles. The highest BCUT2D eigenvalue weighted by molar-refractivity contribution is 5.99. The molecule has 0 aliphatic heterocycles. The van der Waals surface area contributed by atoms with Gasteiger partial charge in [0, 0.05) is 0 Å². The summed E-state index contributed by atoms with van der Waals surface area (Å²) in [5.74, 6) is -0.135. The Morgan fingerprint density at radius 2 is 1.00 bits per heavy atom. The lowest BCUT2D eigenvalue weighted by Crippen LogP contribution is -2.15. The standard InChI is InChI=1S/C21H16O4/c1-15-18(20(22)24-16-9-4-2-5-10-16)13-8-14-19(15)21(23)25-17-11-6-3-7-12-17/h2-14H,1H3. The number of hydrogen-bond donors (Lipinski definition) is 0. The summed E-state index contributed by atoms with van der Waals surface area (Å²) >= 11 is 0. The Kier molecular flexibility index (Phi) is 4.90. The van der Waals surface area contributed by atoms with Gasteiger partial charge in [-0.15, -0.1) is 0 Å². The number of esters is 2. The molecule has 0 unspecified atom stereocenters. The van der Waals surface area contributed by atoms with Crippen LogP contribution in [0.1, 0.15) is 26.3 Å². The zero-order valence-corrected chi connectivity index (χ0v) is 13.6. The van der Waals surface area contributed by atoms with E-state index < -0.39 is 11.9 Å². The van der Waals surface area contributed by atoms with Crippen molar-refractivity contribution in [2.24, 2.45) is 0 Å². The molecule has 3 aromatic carbocycles. The molecule has 0 heterocycles. The molecule has 0 radical (unpaired) electrons. The number of carbonyl (C=O) groups is 2. The van der Waals surface area contributed by atoms with Gasteiger partial charge in [0.25, 0.3) is 0 Å². The summed E-state index contributed by atoms with van der Waals surface area (Å²) in [6.07, 6.45) is 0. The van der Waals surface area contributed by atoms with Crippen LogP contribution in [-0.4, -0.2) is 11.9 Å². The van der Waals surface area contributed by atoms with E-state index >= 15 is 0 Å². The van der Waals surface area contributed by atoms with Crippen molar-refractivity contribution in [2.75, 3.05) is 0 Å². The maximum absolute atomic E-state index is 12.4. The predicted octanol–water partition coefficient (Wildman–Crippen LogP) is 4.43. The molecule has 0 bridgehead atoms. The van der Waals surface area contributed by atoms with Crippen LogP contribution in [-0.2, 0) is 0 Å². The molecule has 0 saturated heterocycles. The van der Waals surface area contributed by atoms with Gasteiger partial charge >= 0.3 is 11.9 Å². The third-order valence-electron chi connectivity index (χ3n) is 3.68. The van der Waals surface area contributed by atoms with Gasteiger partial charge in [0.1, 0.15) is 11.5 Å². The van der Waals surface area contributed by atoms with Crippen molar-refractivity contribution in [1.29, 1.82) is 0 Å². The SMILES string of the molecule is Cc1c(C(=O)Oc2ccccc2)cccc1C(=O)Oc1ccccc1. The highest BCUT2D eigenvalue weighted by Crippen LogP contribution is 2.19. The zero-order chi connectivity index (χ0) is 17.6. The van der Waals surface area contributed by atoms with Gasteiger partial charge in [-0.05, 0) is 48.9 Å². The zero-order valence-electron chi connectivity index (χ0n) is 13.6. The normalized spacial score (nSPS) is 10.1. The van der Waals surface area contributed by atoms with E-state index in [0.717, 1.165) is 0 Å². The number of hydrogen-bond acceptors (Lipinski definition) is 4. The van der Waals surface area contributed by atoms with Crippen LogP contribution in [0.5, 0.6) is 11.5 Å². The minimum atomic E-state index is -0.516. The van der Waals surface area contributed by atoms with Crippen LogP contribution in [0.3, 0.4) is 0 Å². The summed E-state index contributed by atoms with van der Waals surface area (Å²) in [4.78, 5) is 24.8. The van der Waals surface area contributed by atoms with Crippen molar-refractivity contribution in [3.63, 3.8) is 0 Å². The van der Waals surface area contributed by atoms with Gasteiger partial charge in [-0.3, -0.25) is 0 Å². The van der Waals surface area contributed by atoms with E-state index in [-0.39, 0.29) is 0 Å². The highest BCUT2D eigenvalue weighted by Gasteiger charge is 2.18. The average Bonchev–Trinajstić information content (AvgIpc) is 2.63. The maximum Gasteiger partial charge on any atom is 0.343 e. The molecular weight excluding hydrogens is 316 g/mol. The minimum Gasteiger partial charge on any atom is -0.423 e. The fraction of sp³-hybridized carbons (Fsp3) is 0.0476. The largest absolute Gasteiger partial charge is 0.423 e. The van der Waals surface area contributed by atoms with Crippen molar-refractivity contribution in [3.05, 3.63) is 95.6 Å². The lowest BCUT2D eigenvalue weighted by molar-refractivity contribution is 0.0733. The molecule has 0 saturated carbocycles. The molecule has 0 amide bonds. The van der Waals surface area contributed by atoms with Crippen LogP contribution in [0.4, 0.5) is 0 Å². The van der Waals surface area contributed by atoms with E-state index in [4.69, 9.17) is 9.47 Å². The average molecular weight is 332 g/mol. The van der Waals surface area contributed by atoms with Crippen molar-refractivity contribution in [2.45, 2.75) is 6.92 Å². The number of para-hydroxylation sites is 2. The predicted molar refractivity (Wildman–Crippen MR) is 94.0 cm³/mol. The minimum absolute atomic E-state index is 0.325. The topological polar surface area (TPSA) is 52.6 Å². The first kappa shape index (κ1) is 16.5.